The van der Waals surface area contributed by atoms with Gasteiger partial charge in [-0.05, 0) is 41.3 Å². The van der Waals surface area contributed by atoms with Crippen LogP contribution in [0.3, 0.4) is 0 Å². The van der Waals surface area contributed by atoms with E-state index in [2.05, 4.69) is 19.2 Å². The fourth-order valence-corrected chi connectivity index (χ4v) is 2.97. The number of hydrogen-bond donors (Lipinski definition) is 1. The standard InChI is InChI=1S/C22H23NO5/c1-13(2)14-5-6-20-19(9-14)16(10-21(24)28-20)12-23-22(25)15-7-17(26-3)11-18(8-15)27-4/h5-11,13H,12H2,1-4H3,(H,23,25). The number of fused-ring (bicyclic) bond motifs is 1. The van der Waals surface area contributed by atoms with Crippen molar-refractivity contribution >= 4 is 16.9 Å². The van der Waals surface area contributed by atoms with Crippen LogP contribution in [0.5, 0.6) is 11.5 Å². The first kappa shape index (κ1) is 19.5. The molecule has 0 spiro atoms. The first-order chi connectivity index (χ1) is 13.4. The van der Waals surface area contributed by atoms with Crippen LogP contribution in [-0.2, 0) is 6.54 Å². The molecule has 0 unspecified atom stereocenters. The quantitative estimate of drug-likeness (QED) is 0.656. The molecule has 0 aliphatic rings. The highest BCUT2D eigenvalue weighted by Crippen LogP contribution is 2.24. The summed E-state index contributed by atoms with van der Waals surface area (Å²) in [7, 11) is 3.05. The van der Waals surface area contributed by atoms with Crippen LogP contribution < -0.4 is 20.4 Å². The van der Waals surface area contributed by atoms with Crippen molar-refractivity contribution in [2.75, 3.05) is 14.2 Å². The van der Waals surface area contributed by atoms with E-state index < -0.39 is 5.63 Å². The molecule has 1 heterocycles. The summed E-state index contributed by atoms with van der Waals surface area (Å²) in [6, 6.07) is 12.1. The normalized spacial score (nSPS) is 10.9. The van der Waals surface area contributed by atoms with E-state index in [1.54, 1.807) is 24.3 Å². The number of amides is 1. The smallest absolute Gasteiger partial charge is 0.336 e. The zero-order valence-corrected chi connectivity index (χ0v) is 16.4. The highest BCUT2D eigenvalue weighted by molar-refractivity contribution is 5.95. The summed E-state index contributed by atoms with van der Waals surface area (Å²) in [6.07, 6.45) is 0. The molecule has 0 aliphatic carbocycles. The van der Waals surface area contributed by atoms with Crippen LogP contribution in [0.1, 0.15) is 41.3 Å². The maximum absolute atomic E-state index is 12.6. The highest BCUT2D eigenvalue weighted by Gasteiger charge is 2.12. The van der Waals surface area contributed by atoms with Crippen LogP contribution in [0, 0.1) is 0 Å². The summed E-state index contributed by atoms with van der Waals surface area (Å²) in [5.41, 5.74) is 2.30. The van der Waals surface area contributed by atoms with Gasteiger partial charge >= 0.3 is 5.63 Å². The number of carbonyl (C=O) groups excluding carboxylic acids is 1. The first-order valence-electron chi connectivity index (χ1n) is 8.99. The number of ether oxygens (including phenoxy) is 2. The van der Waals surface area contributed by atoms with Gasteiger partial charge in [-0.15, -0.1) is 0 Å². The van der Waals surface area contributed by atoms with Crippen molar-refractivity contribution in [2.45, 2.75) is 26.3 Å². The van der Waals surface area contributed by atoms with E-state index in [1.807, 2.05) is 12.1 Å². The predicted octanol–water partition coefficient (Wildman–Crippen LogP) is 3.86. The van der Waals surface area contributed by atoms with Gasteiger partial charge in [-0.1, -0.05) is 19.9 Å². The maximum atomic E-state index is 12.6. The van der Waals surface area contributed by atoms with Crippen LogP contribution in [-0.4, -0.2) is 20.1 Å². The van der Waals surface area contributed by atoms with Gasteiger partial charge in [0.05, 0.1) is 14.2 Å². The summed E-state index contributed by atoms with van der Waals surface area (Å²) in [6.45, 7) is 4.39. The fraction of sp³-hybridized carbons (Fsp3) is 0.273. The Morgan fingerprint density at radius 2 is 1.71 bits per heavy atom. The first-order valence-corrected chi connectivity index (χ1v) is 8.99. The van der Waals surface area contributed by atoms with Crippen molar-refractivity contribution < 1.29 is 18.7 Å². The van der Waals surface area contributed by atoms with Crippen molar-refractivity contribution in [3.8, 4) is 11.5 Å². The average molecular weight is 381 g/mol. The second-order valence-electron chi connectivity index (χ2n) is 6.78. The van der Waals surface area contributed by atoms with Gasteiger partial charge in [-0.25, -0.2) is 4.79 Å². The van der Waals surface area contributed by atoms with Crippen molar-refractivity contribution in [3.63, 3.8) is 0 Å². The average Bonchev–Trinajstić information content (AvgIpc) is 2.70. The van der Waals surface area contributed by atoms with E-state index in [0.717, 1.165) is 10.9 Å². The van der Waals surface area contributed by atoms with E-state index in [1.165, 1.54) is 20.3 Å². The number of methoxy groups -OCH3 is 2. The van der Waals surface area contributed by atoms with Crippen LogP contribution in [0.2, 0.25) is 0 Å². The van der Waals surface area contributed by atoms with Gasteiger partial charge in [0, 0.05) is 29.6 Å². The lowest BCUT2D eigenvalue weighted by molar-refractivity contribution is 0.0950. The molecule has 6 nitrogen and oxygen atoms in total. The second-order valence-corrected chi connectivity index (χ2v) is 6.78. The predicted molar refractivity (Wildman–Crippen MR) is 107 cm³/mol. The van der Waals surface area contributed by atoms with Gasteiger partial charge in [0.25, 0.3) is 5.91 Å². The van der Waals surface area contributed by atoms with Crippen LogP contribution >= 0.6 is 0 Å². The SMILES string of the molecule is COc1cc(OC)cc(C(=O)NCc2cc(=O)oc3ccc(C(C)C)cc23)c1. The third-order valence-corrected chi connectivity index (χ3v) is 4.57. The lowest BCUT2D eigenvalue weighted by Crippen LogP contribution is -2.23. The Morgan fingerprint density at radius 3 is 2.32 bits per heavy atom. The number of nitrogens with one attached hydrogen (secondary N) is 1. The molecule has 1 N–H and O–H groups in total. The zero-order valence-electron chi connectivity index (χ0n) is 16.4. The Labute approximate surface area is 163 Å². The molecule has 146 valence electrons. The van der Waals surface area contributed by atoms with Gasteiger partial charge in [0.1, 0.15) is 17.1 Å². The molecule has 6 heteroatoms. The minimum Gasteiger partial charge on any atom is -0.497 e. The zero-order chi connectivity index (χ0) is 20.3. The molecule has 0 saturated heterocycles. The van der Waals surface area contributed by atoms with Crippen LogP contribution in [0.15, 0.2) is 51.7 Å². The molecule has 0 radical (unpaired) electrons. The van der Waals surface area contributed by atoms with Gasteiger partial charge in [-0.2, -0.15) is 0 Å². The topological polar surface area (TPSA) is 77.8 Å². The molecule has 28 heavy (non-hydrogen) atoms. The molecule has 0 atom stereocenters. The fourth-order valence-electron chi connectivity index (χ4n) is 2.97. The van der Waals surface area contributed by atoms with Crippen LogP contribution in [0.4, 0.5) is 0 Å². The largest absolute Gasteiger partial charge is 0.497 e. The Hall–Kier alpha value is -3.28. The van der Waals surface area contributed by atoms with Crippen LogP contribution in [0.25, 0.3) is 11.0 Å². The van der Waals surface area contributed by atoms with E-state index in [-0.39, 0.29) is 12.5 Å². The van der Waals surface area contributed by atoms with Crippen molar-refractivity contribution in [2.24, 2.45) is 0 Å². The molecule has 1 amide bonds. The summed E-state index contributed by atoms with van der Waals surface area (Å²) in [5, 5.41) is 3.67. The molecule has 3 rings (SSSR count). The summed E-state index contributed by atoms with van der Waals surface area (Å²) < 4.78 is 15.7. The third kappa shape index (κ3) is 4.17. The Balaban J connectivity index is 1.90. The molecule has 0 fully saturated rings. The Kier molecular flexibility index (Phi) is 5.68. The molecule has 0 aliphatic heterocycles. The lowest BCUT2D eigenvalue weighted by atomic mass is 9.99. The van der Waals surface area contributed by atoms with E-state index in [9.17, 15) is 9.59 Å². The van der Waals surface area contributed by atoms with Gasteiger partial charge in [-0.3, -0.25) is 4.79 Å². The maximum Gasteiger partial charge on any atom is 0.336 e. The molecular formula is C22H23NO5. The second kappa shape index (κ2) is 8.17. The highest BCUT2D eigenvalue weighted by atomic mass is 16.5. The van der Waals surface area contributed by atoms with E-state index >= 15 is 0 Å². The van der Waals surface area contributed by atoms with Crippen molar-refractivity contribution in [1.82, 2.24) is 5.32 Å². The summed E-state index contributed by atoms with van der Waals surface area (Å²) in [5.74, 6) is 1.09. The van der Waals surface area contributed by atoms with Gasteiger partial charge in [0.15, 0.2) is 0 Å². The monoisotopic (exact) mass is 381 g/mol. The van der Waals surface area contributed by atoms with Gasteiger partial charge < -0.3 is 19.2 Å². The summed E-state index contributed by atoms with van der Waals surface area (Å²) >= 11 is 0. The third-order valence-electron chi connectivity index (χ3n) is 4.57. The molecule has 2 aromatic carbocycles. The minimum absolute atomic E-state index is 0.196. The minimum atomic E-state index is -0.447. The molecule has 0 bridgehead atoms. The van der Waals surface area contributed by atoms with Gasteiger partial charge in [0.2, 0.25) is 0 Å². The van der Waals surface area contributed by atoms with E-state index in [4.69, 9.17) is 13.9 Å². The number of benzene rings is 2. The van der Waals surface area contributed by atoms with Crippen molar-refractivity contribution in [1.29, 1.82) is 0 Å². The number of carbonyl (C=O) groups is 1. The Morgan fingerprint density at radius 1 is 1.04 bits per heavy atom. The Bertz CT molecular complexity index is 1050. The number of hydrogen-bond acceptors (Lipinski definition) is 5. The molecule has 0 saturated carbocycles. The summed E-state index contributed by atoms with van der Waals surface area (Å²) in [4.78, 5) is 24.5. The van der Waals surface area contributed by atoms with E-state index in [0.29, 0.717) is 34.1 Å². The van der Waals surface area contributed by atoms with Crippen molar-refractivity contribution in [3.05, 3.63) is 69.6 Å². The molecule has 3 aromatic rings. The molecular weight excluding hydrogens is 358 g/mol. The molecule has 1 aromatic heterocycles. The number of rotatable bonds is 6. The lowest BCUT2D eigenvalue weighted by Gasteiger charge is -2.12.